The lowest BCUT2D eigenvalue weighted by atomic mass is 10.1. The molecule has 0 bridgehead atoms. The normalized spacial score (nSPS) is 12.2. The van der Waals surface area contributed by atoms with Crippen LogP contribution in [0.1, 0.15) is 26.5 Å². The van der Waals surface area contributed by atoms with Crippen LogP contribution in [0, 0.1) is 0 Å². The molecule has 11 heteroatoms. The smallest absolute Gasteiger partial charge is 0.259 e. The highest BCUT2D eigenvalue weighted by Gasteiger charge is 2.26. The fraction of sp³-hybridized carbons (Fsp3) is 0.0455. The first-order chi connectivity index (χ1) is 16.0. The van der Waals surface area contributed by atoms with Crippen molar-refractivity contribution in [1.29, 1.82) is 0 Å². The highest BCUT2D eigenvalue weighted by atomic mass is 16.3. The predicted molar refractivity (Wildman–Crippen MR) is 119 cm³/mol. The Bertz CT molecular complexity index is 1340. The molecular formula is C22H17N7O4. The van der Waals surface area contributed by atoms with E-state index < -0.39 is 11.8 Å². The molecule has 4 aromatic rings. The molecule has 164 valence electrons. The van der Waals surface area contributed by atoms with Crippen molar-refractivity contribution < 1.29 is 19.1 Å². The molecule has 0 spiro atoms. The number of benzene rings is 2. The Morgan fingerprint density at radius 3 is 2.21 bits per heavy atom. The molecule has 11 nitrogen and oxygen atoms in total. The zero-order chi connectivity index (χ0) is 22.8. The van der Waals surface area contributed by atoms with Gasteiger partial charge in [-0.1, -0.05) is 0 Å². The number of hydrogen-bond donors (Lipinski definition) is 5. The third-order valence-electron chi connectivity index (χ3n) is 4.75. The van der Waals surface area contributed by atoms with E-state index in [2.05, 4.69) is 36.2 Å². The zero-order valence-corrected chi connectivity index (χ0v) is 17.0. The summed E-state index contributed by atoms with van der Waals surface area (Å²) in [5.41, 5.74) is 1.78. The Kier molecular flexibility index (Phi) is 5.03. The quantitative estimate of drug-likeness (QED) is 0.212. The molecule has 2 amide bonds. The van der Waals surface area contributed by atoms with Gasteiger partial charge in [0.2, 0.25) is 17.8 Å². The van der Waals surface area contributed by atoms with E-state index in [1.165, 1.54) is 12.1 Å². The molecule has 2 aromatic carbocycles. The largest absolute Gasteiger partial charge is 0.508 e. The van der Waals surface area contributed by atoms with Crippen LogP contribution in [0.5, 0.6) is 5.75 Å². The van der Waals surface area contributed by atoms with Gasteiger partial charge in [-0.3, -0.25) is 14.9 Å². The summed E-state index contributed by atoms with van der Waals surface area (Å²) in [6, 6.07) is 14.8. The van der Waals surface area contributed by atoms with Crippen LogP contribution in [-0.4, -0.2) is 31.9 Å². The molecule has 0 radical (unpaired) electrons. The number of imide groups is 1. The van der Waals surface area contributed by atoms with Gasteiger partial charge in [-0.15, -0.1) is 0 Å². The summed E-state index contributed by atoms with van der Waals surface area (Å²) >= 11 is 0. The summed E-state index contributed by atoms with van der Waals surface area (Å²) < 4.78 is 5.33. The van der Waals surface area contributed by atoms with Crippen LogP contribution in [0.3, 0.4) is 0 Å². The number of aromatic nitrogens is 3. The first kappa shape index (κ1) is 20.0. The van der Waals surface area contributed by atoms with E-state index in [-0.39, 0.29) is 29.2 Å². The fourth-order valence-corrected chi connectivity index (χ4v) is 3.19. The Hall–Kier alpha value is -4.93. The van der Waals surface area contributed by atoms with Gasteiger partial charge in [-0.2, -0.15) is 15.0 Å². The topological polar surface area (TPSA) is 154 Å². The number of phenols is 1. The predicted octanol–water partition coefficient (Wildman–Crippen LogP) is 3.15. The summed E-state index contributed by atoms with van der Waals surface area (Å²) in [7, 11) is 0. The van der Waals surface area contributed by atoms with Crippen LogP contribution in [-0.2, 0) is 6.54 Å². The monoisotopic (exact) mass is 443 g/mol. The van der Waals surface area contributed by atoms with Crippen LogP contribution in [0.4, 0.5) is 29.2 Å². The van der Waals surface area contributed by atoms with Crippen molar-refractivity contribution in [2.75, 3.05) is 16.0 Å². The standard InChI is InChI=1S/C22H17N7O4/c30-14-6-3-12(4-7-14)24-21-27-20(23-11-15-2-1-9-33-15)28-22(29-21)25-13-5-8-16-17(10-13)19(32)26-18(16)31/h1-10,30H,11H2,(H,26,31,32)(H3,23,24,25,27,28,29). The van der Waals surface area contributed by atoms with Crippen molar-refractivity contribution >= 4 is 41.0 Å². The average Bonchev–Trinajstić information content (AvgIpc) is 3.42. The number of carbonyl (C=O) groups excluding carboxylic acids is 2. The van der Waals surface area contributed by atoms with Gasteiger partial charge in [0.1, 0.15) is 11.5 Å². The number of nitrogens with zero attached hydrogens (tertiary/aromatic N) is 3. The molecule has 3 heterocycles. The summed E-state index contributed by atoms with van der Waals surface area (Å²) in [6.07, 6.45) is 1.57. The number of anilines is 5. The maximum absolute atomic E-state index is 12.0. The lowest BCUT2D eigenvalue weighted by Crippen LogP contribution is -2.19. The van der Waals surface area contributed by atoms with Crippen molar-refractivity contribution in [1.82, 2.24) is 20.3 Å². The molecule has 0 saturated heterocycles. The van der Waals surface area contributed by atoms with E-state index in [0.29, 0.717) is 29.2 Å². The fourth-order valence-electron chi connectivity index (χ4n) is 3.19. The molecule has 0 saturated carbocycles. The van der Waals surface area contributed by atoms with E-state index in [9.17, 15) is 14.7 Å². The third-order valence-corrected chi connectivity index (χ3v) is 4.75. The molecule has 1 aliphatic rings. The number of amides is 2. The van der Waals surface area contributed by atoms with E-state index in [4.69, 9.17) is 4.42 Å². The van der Waals surface area contributed by atoms with E-state index in [1.54, 1.807) is 42.7 Å². The zero-order valence-electron chi connectivity index (χ0n) is 17.0. The number of rotatable bonds is 7. The van der Waals surface area contributed by atoms with Gasteiger partial charge in [0.05, 0.1) is 23.9 Å². The first-order valence-electron chi connectivity index (χ1n) is 9.89. The molecular weight excluding hydrogens is 426 g/mol. The second kappa shape index (κ2) is 8.30. The number of carbonyl (C=O) groups is 2. The highest BCUT2D eigenvalue weighted by molar-refractivity contribution is 6.21. The van der Waals surface area contributed by atoms with Crippen LogP contribution in [0.15, 0.2) is 65.3 Å². The van der Waals surface area contributed by atoms with Gasteiger partial charge >= 0.3 is 0 Å². The first-order valence-corrected chi connectivity index (χ1v) is 9.89. The van der Waals surface area contributed by atoms with Gasteiger partial charge in [-0.25, -0.2) is 0 Å². The van der Waals surface area contributed by atoms with Crippen molar-refractivity contribution in [3.8, 4) is 5.75 Å². The number of hydrogen-bond acceptors (Lipinski definition) is 10. The molecule has 0 unspecified atom stereocenters. The van der Waals surface area contributed by atoms with Gasteiger partial charge in [0, 0.05) is 11.4 Å². The number of phenolic OH excluding ortho intramolecular Hbond substituents is 1. The summed E-state index contributed by atoms with van der Waals surface area (Å²) in [6.45, 7) is 0.357. The highest BCUT2D eigenvalue weighted by Crippen LogP contribution is 2.24. The van der Waals surface area contributed by atoms with Crippen LogP contribution in [0.2, 0.25) is 0 Å². The number of furan rings is 1. The van der Waals surface area contributed by atoms with Gasteiger partial charge < -0.3 is 25.5 Å². The average molecular weight is 443 g/mol. The Balaban J connectivity index is 1.43. The lowest BCUT2D eigenvalue weighted by Gasteiger charge is -2.11. The van der Waals surface area contributed by atoms with Crippen molar-refractivity contribution in [2.24, 2.45) is 0 Å². The Morgan fingerprint density at radius 1 is 0.818 bits per heavy atom. The van der Waals surface area contributed by atoms with Crippen LogP contribution >= 0.6 is 0 Å². The Morgan fingerprint density at radius 2 is 1.48 bits per heavy atom. The van der Waals surface area contributed by atoms with E-state index in [0.717, 1.165) is 0 Å². The molecule has 5 rings (SSSR count). The SMILES string of the molecule is O=C1NC(=O)c2cc(Nc3nc(NCc4ccco4)nc(Nc4ccc(O)cc4)n3)ccc21. The molecule has 2 aromatic heterocycles. The third kappa shape index (κ3) is 4.42. The molecule has 0 atom stereocenters. The van der Waals surface area contributed by atoms with Crippen molar-refractivity contribution in [2.45, 2.75) is 6.54 Å². The summed E-state index contributed by atoms with van der Waals surface area (Å²) in [5, 5.41) is 20.9. The minimum absolute atomic E-state index is 0.137. The molecule has 5 N–H and O–H groups in total. The van der Waals surface area contributed by atoms with E-state index in [1.807, 2.05) is 6.07 Å². The Labute approximate surface area is 186 Å². The van der Waals surface area contributed by atoms with Crippen molar-refractivity contribution in [3.63, 3.8) is 0 Å². The minimum Gasteiger partial charge on any atom is -0.508 e. The van der Waals surface area contributed by atoms with Gasteiger partial charge in [0.15, 0.2) is 0 Å². The van der Waals surface area contributed by atoms with Crippen LogP contribution < -0.4 is 21.3 Å². The van der Waals surface area contributed by atoms with Crippen LogP contribution in [0.25, 0.3) is 0 Å². The minimum atomic E-state index is -0.454. The molecule has 0 aliphatic carbocycles. The second-order valence-corrected chi connectivity index (χ2v) is 7.08. The maximum Gasteiger partial charge on any atom is 0.259 e. The second-order valence-electron chi connectivity index (χ2n) is 7.08. The van der Waals surface area contributed by atoms with Crippen molar-refractivity contribution in [3.05, 3.63) is 77.7 Å². The number of aromatic hydroxyl groups is 1. The summed E-state index contributed by atoms with van der Waals surface area (Å²) in [4.78, 5) is 36.9. The molecule has 0 fully saturated rings. The number of fused-ring (bicyclic) bond motifs is 1. The lowest BCUT2D eigenvalue weighted by molar-refractivity contribution is 0.0879. The number of nitrogens with one attached hydrogen (secondary N) is 4. The van der Waals surface area contributed by atoms with Gasteiger partial charge in [0.25, 0.3) is 11.8 Å². The van der Waals surface area contributed by atoms with E-state index >= 15 is 0 Å². The molecule has 33 heavy (non-hydrogen) atoms. The van der Waals surface area contributed by atoms with Gasteiger partial charge in [-0.05, 0) is 54.6 Å². The maximum atomic E-state index is 12.0. The molecule has 1 aliphatic heterocycles. The summed E-state index contributed by atoms with van der Waals surface area (Å²) in [5.74, 6) is 0.688.